The van der Waals surface area contributed by atoms with Gasteiger partial charge < -0.3 is 15.2 Å². The lowest BCUT2D eigenvalue weighted by atomic mass is 9.87. The fourth-order valence-electron chi connectivity index (χ4n) is 2.33. The van der Waals surface area contributed by atoms with Crippen molar-refractivity contribution in [1.29, 1.82) is 0 Å². The van der Waals surface area contributed by atoms with Crippen LogP contribution in [0.4, 0.5) is 21.0 Å². The number of nitrogens with zero attached hydrogens (tertiary/aromatic N) is 2. The van der Waals surface area contributed by atoms with E-state index < -0.39 is 0 Å². The maximum Gasteiger partial charge on any atom is 0.276 e. The van der Waals surface area contributed by atoms with E-state index in [4.69, 9.17) is 4.52 Å². The number of hydrogen-bond donors (Lipinski definition) is 2. The third-order valence-electron chi connectivity index (χ3n) is 4.47. The van der Waals surface area contributed by atoms with E-state index in [1.54, 1.807) is 24.4 Å². The first-order chi connectivity index (χ1) is 12.8. The van der Waals surface area contributed by atoms with Gasteiger partial charge >= 0.3 is 0 Å². The van der Waals surface area contributed by atoms with Crippen LogP contribution in [0.15, 0.2) is 34.2 Å². The van der Waals surface area contributed by atoms with E-state index in [0.29, 0.717) is 16.7 Å². The molecule has 8 heteroatoms. The molecule has 1 amide bonds. The third kappa shape index (κ3) is 4.33. The average molecular weight is 388 g/mol. The number of aryl methyl sites for hydroxylation is 1. The number of carbonyl (C=O) groups excluding carboxylic acids is 1. The van der Waals surface area contributed by atoms with Gasteiger partial charge in [0.05, 0.1) is 0 Å². The van der Waals surface area contributed by atoms with Crippen molar-refractivity contribution in [2.75, 3.05) is 10.6 Å². The molecule has 6 nitrogen and oxygen atoms in total. The molecular formula is C19H21FN4O2S. The Morgan fingerprint density at radius 3 is 2.81 bits per heavy atom. The first-order valence-electron chi connectivity index (χ1n) is 8.56. The van der Waals surface area contributed by atoms with E-state index in [2.05, 4.69) is 41.5 Å². The predicted molar refractivity (Wildman–Crippen MR) is 104 cm³/mol. The first kappa shape index (κ1) is 19.0. The molecule has 0 saturated heterocycles. The molecule has 0 atom stereocenters. The van der Waals surface area contributed by atoms with Crippen LogP contribution in [0.2, 0.25) is 0 Å². The van der Waals surface area contributed by atoms with E-state index in [-0.39, 0.29) is 22.8 Å². The average Bonchev–Trinajstić information content (AvgIpc) is 3.27. The fourth-order valence-corrected chi connectivity index (χ4v) is 3.03. The number of benzene rings is 1. The first-order valence-corrected chi connectivity index (χ1v) is 9.43. The predicted octanol–water partition coefficient (Wildman–Crippen LogP) is 5.26. The van der Waals surface area contributed by atoms with Crippen molar-refractivity contribution in [3.63, 3.8) is 0 Å². The topological polar surface area (TPSA) is 80.0 Å². The number of anilines is 3. The van der Waals surface area contributed by atoms with E-state index >= 15 is 0 Å². The molecule has 0 aliphatic heterocycles. The molecule has 0 radical (unpaired) electrons. The number of thiazole rings is 1. The van der Waals surface area contributed by atoms with E-state index in [0.717, 1.165) is 17.7 Å². The zero-order valence-electron chi connectivity index (χ0n) is 15.6. The molecule has 27 heavy (non-hydrogen) atoms. The molecule has 0 aliphatic rings. The minimum absolute atomic E-state index is 0.152. The summed E-state index contributed by atoms with van der Waals surface area (Å²) < 4.78 is 18.5. The van der Waals surface area contributed by atoms with Crippen LogP contribution in [-0.4, -0.2) is 16.0 Å². The Morgan fingerprint density at radius 2 is 2.11 bits per heavy atom. The van der Waals surface area contributed by atoms with Gasteiger partial charge in [0.1, 0.15) is 17.3 Å². The molecule has 1 aromatic carbocycles. The number of amides is 1. The highest BCUT2D eigenvalue weighted by Crippen LogP contribution is 2.29. The van der Waals surface area contributed by atoms with Gasteiger partial charge in [-0.25, -0.2) is 9.37 Å². The van der Waals surface area contributed by atoms with Crippen LogP contribution in [0.5, 0.6) is 0 Å². The highest BCUT2D eigenvalue weighted by atomic mass is 32.1. The molecule has 0 bridgehead atoms. The summed E-state index contributed by atoms with van der Waals surface area (Å²) in [7, 11) is 0. The van der Waals surface area contributed by atoms with Gasteiger partial charge in [-0.2, -0.15) is 0 Å². The van der Waals surface area contributed by atoms with Crippen molar-refractivity contribution < 1.29 is 13.7 Å². The van der Waals surface area contributed by atoms with Crippen LogP contribution in [0.3, 0.4) is 0 Å². The quantitative estimate of drug-likeness (QED) is 0.602. The normalized spacial score (nSPS) is 11.4. The summed E-state index contributed by atoms with van der Waals surface area (Å²) in [6.45, 7) is 7.96. The molecular weight excluding hydrogens is 367 g/mol. The van der Waals surface area contributed by atoms with Gasteiger partial charge in [-0.3, -0.25) is 4.79 Å². The van der Waals surface area contributed by atoms with Crippen molar-refractivity contribution in [2.45, 2.75) is 39.5 Å². The van der Waals surface area contributed by atoms with Gasteiger partial charge in [0.2, 0.25) is 0 Å². The largest absolute Gasteiger partial charge is 0.359 e. The Kier molecular flexibility index (Phi) is 5.27. The van der Waals surface area contributed by atoms with Crippen LogP contribution in [0, 0.1) is 12.7 Å². The minimum atomic E-state index is -0.371. The second-order valence-electron chi connectivity index (χ2n) is 6.89. The summed E-state index contributed by atoms with van der Waals surface area (Å²) in [5, 5.41) is 11.9. The highest BCUT2D eigenvalue weighted by Gasteiger charge is 2.24. The van der Waals surface area contributed by atoms with Gasteiger partial charge in [0.25, 0.3) is 5.91 Å². The molecule has 2 heterocycles. The molecule has 3 rings (SSSR count). The second-order valence-corrected chi connectivity index (χ2v) is 7.75. The van der Waals surface area contributed by atoms with Gasteiger partial charge in [-0.05, 0) is 37.1 Å². The van der Waals surface area contributed by atoms with Crippen LogP contribution >= 0.6 is 11.3 Å². The number of carbonyl (C=O) groups is 1. The van der Waals surface area contributed by atoms with Crippen LogP contribution in [-0.2, 0) is 5.41 Å². The summed E-state index contributed by atoms with van der Waals surface area (Å²) in [5.41, 5.74) is 1.60. The molecule has 0 spiro atoms. The van der Waals surface area contributed by atoms with Crippen LogP contribution in [0.25, 0.3) is 0 Å². The Bertz CT molecular complexity index is 964. The Balaban J connectivity index is 1.68. The zero-order valence-corrected chi connectivity index (χ0v) is 16.4. The highest BCUT2D eigenvalue weighted by molar-refractivity contribution is 7.14. The number of halogens is 1. The number of hydrogen-bond acceptors (Lipinski definition) is 6. The minimum Gasteiger partial charge on any atom is -0.359 e. The van der Waals surface area contributed by atoms with Crippen molar-refractivity contribution in [3.8, 4) is 0 Å². The van der Waals surface area contributed by atoms with Gasteiger partial charge in [0.15, 0.2) is 10.9 Å². The van der Waals surface area contributed by atoms with Crippen molar-refractivity contribution in [3.05, 3.63) is 52.5 Å². The third-order valence-corrected chi connectivity index (χ3v) is 5.23. The lowest BCUT2D eigenvalue weighted by Crippen LogP contribution is -2.14. The Labute approximate surface area is 160 Å². The lowest BCUT2D eigenvalue weighted by molar-refractivity contribution is 0.102. The molecule has 0 fully saturated rings. The zero-order chi connectivity index (χ0) is 19.6. The van der Waals surface area contributed by atoms with E-state index in [1.165, 1.54) is 23.5 Å². The monoisotopic (exact) mass is 388 g/mol. The smallest absolute Gasteiger partial charge is 0.276 e. The molecule has 0 aliphatic carbocycles. The molecule has 142 valence electrons. The summed E-state index contributed by atoms with van der Waals surface area (Å²) in [4.78, 5) is 16.7. The van der Waals surface area contributed by atoms with Crippen molar-refractivity contribution in [1.82, 2.24) is 10.1 Å². The molecule has 3 aromatic rings. The lowest BCUT2D eigenvalue weighted by Gasteiger charge is -2.17. The molecule has 2 N–H and O–H groups in total. The fraction of sp³-hybridized carbons (Fsp3) is 0.316. The van der Waals surface area contributed by atoms with E-state index in [1.807, 2.05) is 0 Å². The Hall–Kier alpha value is -2.74. The van der Waals surface area contributed by atoms with Crippen LogP contribution in [0.1, 0.15) is 49.0 Å². The summed E-state index contributed by atoms with van der Waals surface area (Å²) in [6, 6.07) is 6.17. The van der Waals surface area contributed by atoms with Gasteiger partial charge in [0, 0.05) is 22.5 Å². The number of rotatable bonds is 6. The number of aromatic nitrogens is 2. The maximum atomic E-state index is 13.2. The summed E-state index contributed by atoms with van der Waals surface area (Å²) >= 11 is 1.29. The SMILES string of the molecule is CCC(C)(C)c1cc(NC(=O)c2csc(Nc3ccc(F)cc3C)n2)no1. The van der Waals surface area contributed by atoms with Crippen LogP contribution < -0.4 is 10.6 Å². The molecule has 2 aromatic heterocycles. The van der Waals surface area contributed by atoms with E-state index in [9.17, 15) is 9.18 Å². The number of nitrogens with one attached hydrogen (secondary N) is 2. The molecule has 0 unspecified atom stereocenters. The Morgan fingerprint density at radius 1 is 1.33 bits per heavy atom. The van der Waals surface area contributed by atoms with Gasteiger partial charge in [-0.1, -0.05) is 25.9 Å². The van der Waals surface area contributed by atoms with Crippen molar-refractivity contribution >= 4 is 33.9 Å². The van der Waals surface area contributed by atoms with Crippen molar-refractivity contribution in [2.24, 2.45) is 0 Å². The second kappa shape index (κ2) is 7.48. The maximum absolute atomic E-state index is 13.2. The standard InChI is InChI=1S/C19H21FN4O2S/c1-5-19(3,4)15-9-16(24-26-15)23-17(25)14-10-27-18(22-14)21-13-7-6-12(20)8-11(13)2/h6-10H,5H2,1-4H3,(H,21,22)(H,23,24,25). The molecule has 0 saturated carbocycles. The van der Waals surface area contributed by atoms with Gasteiger partial charge in [-0.15, -0.1) is 11.3 Å². The summed E-state index contributed by atoms with van der Waals surface area (Å²) in [5.74, 6) is 0.404. The summed E-state index contributed by atoms with van der Waals surface area (Å²) in [6.07, 6.45) is 0.888.